The maximum atomic E-state index is 12.5. The molecule has 1 fully saturated rings. The lowest BCUT2D eigenvalue weighted by Crippen LogP contribution is -2.50. The van der Waals surface area contributed by atoms with Crippen LogP contribution in [0.25, 0.3) is 0 Å². The summed E-state index contributed by atoms with van der Waals surface area (Å²) in [4.78, 5) is 12.5. The Morgan fingerprint density at radius 2 is 1.71 bits per heavy atom. The van der Waals surface area contributed by atoms with Crippen LogP contribution in [0.5, 0.6) is 17.2 Å². The van der Waals surface area contributed by atoms with Crippen molar-refractivity contribution in [2.45, 2.75) is 37.6 Å². The zero-order valence-corrected chi connectivity index (χ0v) is 17.3. The second kappa shape index (κ2) is 10.5. The average molecular weight is 434 g/mol. The lowest BCUT2D eigenvalue weighted by Gasteiger charge is -2.34. The Bertz CT molecular complexity index is 846. The van der Waals surface area contributed by atoms with E-state index in [0.29, 0.717) is 5.75 Å². The molecule has 4 unspecified atom stereocenters. The first-order valence-corrected chi connectivity index (χ1v) is 9.72. The van der Waals surface area contributed by atoms with Gasteiger partial charge >= 0.3 is 5.97 Å². The van der Waals surface area contributed by atoms with Gasteiger partial charge in [0.05, 0.1) is 25.9 Å². The van der Waals surface area contributed by atoms with E-state index < -0.39 is 30.6 Å². The number of hydrogen-bond acceptors (Lipinski definition) is 9. The second-order valence-electron chi connectivity index (χ2n) is 7.01. The largest absolute Gasteiger partial charge is 0.493 e. The molecule has 1 heterocycles. The quantitative estimate of drug-likeness (QED) is 0.527. The Hall–Kier alpha value is -2.85. The number of aliphatic hydroxyl groups is 3. The molecule has 3 rings (SSSR count). The van der Waals surface area contributed by atoms with E-state index in [1.165, 1.54) is 26.4 Å². The molecule has 0 radical (unpaired) electrons. The second-order valence-corrected chi connectivity index (χ2v) is 7.01. The van der Waals surface area contributed by atoms with Gasteiger partial charge in [0.15, 0.2) is 17.8 Å². The van der Waals surface area contributed by atoms with E-state index >= 15 is 0 Å². The number of carbonyl (C=O) groups excluding carboxylic acids is 1. The van der Waals surface area contributed by atoms with E-state index in [-0.39, 0.29) is 36.7 Å². The predicted molar refractivity (Wildman–Crippen MR) is 108 cm³/mol. The van der Waals surface area contributed by atoms with Crippen molar-refractivity contribution in [1.82, 2.24) is 0 Å². The van der Waals surface area contributed by atoms with Gasteiger partial charge in [-0.2, -0.15) is 0 Å². The highest BCUT2D eigenvalue weighted by molar-refractivity contribution is 5.91. The van der Waals surface area contributed by atoms with E-state index in [4.69, 9.17) is 23.7 Å². The Morgan fingerprint density at radius 3 is 2.32 bits per heavy atom. The molecule has 0 spiro atoms. The smallest absolute Gasteiger partial charge is 0.338 e. The molecule has 0 saturated carbocycles. The molecule has 9 nitrogen and oxygen atoms in total. The summed E-state index contributed by atoms with van der Waals surface area (Å²) in [6, 6.07) is 12.4. The Morgan fingerprint density at radius 1 is 1.06 bits per heavy atom. The fraction of sp³-hybridized carbons (Fsp3) is 0.409. The van der Waals surface area contributed by atoms with Crippen LogP contribution in [-0.2, 0) is 16.1 Å². The summed E-state index contributed by atoms with van der Waals surface area (Å²) >= 11 is 0. The first kappa shape index (κ1) is 22.8. The Labute approximate surface area is 179 Å². The summed E-state index contributed by atoms with van der Waals surface area (Å²) in [5.41, 5.74) is 1.08. The molecule has 2 aromatic carbocycles. The van der Waals surface area contributed by atoms with Gasteiger partial charge in [0.2, 0.25) is 5.75 Å². The minimum absolute atomic E-state index is 0.121. The lowest BCUT2D eigenvalue weighted by atomic mass is 10.0. The van der Waals surface area contributed by atoms with E-state index in [1.54, 1.807) is 0 Å². The van der Waals surface area contributed by atoms with Crippen LogP contribution in [0.1, 0.15) is 22.3 Å². The van der Waals surface area contributed by atoms with E-state index in [2.05, 4.69) is 0 Å². The van der Waals surface area contributed by atoms with Crippen LogP contribution in [0.15, 0.2) is 42.5 Å². The van der Waals surface area contributed by atoms with Crippen LogP contribution in [0.4, 0.5) is 0 Å². The molecule has 2 aromatic rings. The molecule has 0 bridgehead atoms. The van der Waals surface area contributed by atoms with Crippen molar-refractivity contribution in [3.63, 3.8) is 0 Å². The van der Waals surface area contributed by atoms with Gasteiger partial charge < -0.3 is 39.0 Å². The summed E-state index contributed by atoms with van der Waals surface area (Å²) in [7, 11) is 2.88. The van der Waals surface area contributed by atoms with E-state index in [1.807, 2.05) is 30.3 Å². The molecule has 1 saturated heterocycles. The number of benzene rings is 2. The SMILES string of the molecule is COc1cc(C(=O)OCC2OC(O)CC(O)C2O)cc(OC)c1OCc1ccccc1. The van der Waals surface area contributed by atoms with Crippen molar-refractivity contribution in [2.75, 3.05) is 20.8 Å². The molecular formula is C22H26O9. The van der Waals surface area contributed by atoms with E-state index in [0.717, 1.165) is 5.56 Å². The molecule has 1 aliphatic rings. The van der Waals surface area contributed by atoms with Gasteiger partial charge in [-0.1, -0.05) is 30.3 Å². The fourth-order valence-electron chi connectivity index (χ4n) is 3.18. The third kappa shape index (κ3) is 5.65. The number of esters is 1. The van der Waals surface area contributed by atoms with Gasteiger partial charge in [-0.25, -0.2) is 4.79 Å². The third-order valence-electron chi connectivity index (χ3n) is 4.85. The standard InChI is InChI=1S/C22H26O9/c1-27-16-8-14(22(26)30-12-18-20(25)15(23)10-19(24)31-18)9-17(28-2)21(16)29-11-13-6-4-3-5-7-13/h3-9,15,18-20,23-25H,10-12H2,1-2H3. The maximum absolute atomic E-state index is 12.5. The van der Waals surface area contributed by atoms with Crippen molar-refractivity contribution in [2.24, 2.45) is 0 Å². The molecule has 168 valence electrons. The van der Waals surface area contributed by atoms with Gasteiger partial charge in [0.1, 0.15) is 25.4 Å². The van der Waals surface area contributed by atoms with Crippen LogP contribution in [0, 0.1) is 0 Å². The van der Waals surface area contributed by atoms with Crippen LogP contribution in [-0.4, -0.2) is 66.7 Å². The summed E-state index contributed by atoms with van der Waals surface area (Å²) < 4.78 is 26.9. The molecule has 0 aromatic heterocycles. The third-order valence-corrected chi connectivity index (χ3v) is 4.85. The van der Waals surface area contributed by atoms with Gasteiger partial charge in [-0.3, -0.25) is 0 Å². The first-order valence-electron chi connectivity index (χ1n) is 9.72. The minimum Gasteiger partial charge on any atom is -0.493 e. The highest BCUT2D eigenvalue weighted by Gasteiger charge is 2.36. The predicted octanol–water partition coefficient (Wildman–Crippen LogP) is 1.27. The summed E-state index contributed by atoms with van der Waals surface area (Å²) in [6.07, 6.45) is -4.88. The first-order chi connectivity index (χ1) is 14.9. The number of aliphatic hydroxyl groups excluding tert-OH is 3. The summed E-state index contributed by atoms with van der Waals surface area (Å²) in [5.74, 6) is 0.170. The van der Waals surface area contributed by atoms with Crippen LogP contribution < -0.4 is 14.2 Å². The lowest BCUT2D eigenvalue weighted by molar-refractivity contribution is -0.239. The molecule has 0 amide bonds. The van der Waals surface area contributed by atoms with Gasteiger partial charge in [-0.05, 0) is 17.7 Å². The zero-order valence-electron chi connectivity index (χ0n) is 17.3. The van der Waals surface area contributed by atoms with Crippen molar-refractivity contribution < 1.29 is 43.8 Å². The topological polar surface area (TPSA) is 124 Å². The average Bonchev–Trinajstić information content (AvgIpc) is 2.78. The van der Waals surface area contributed by atoms with Gasteiger partial charge in [0, 0.05) is 6.42 Å². The van der Waals surface area contributed by atoms with Crippen LogP contribution in [0.3, 0.4) is 0 Å². The molecule has 1 aliphatic heterocycles. The minimum atomic E-state index is -1.28. The number of hydrogen-bond donors (Lipinski definition) is 3. The molecule has 3 N–H and O–H groups in total. The van der Waals surface area contributed by atoms with Crippen LogP contribution in [0.2, 0.25) is 0 Å². The highest BCUT2D eigenvalue weighted by atomic mass is 16.6. The number of rotatable bonds is 8. The summed E-state index contributed by atoms with van der Waals surface area (Å²) in [6.45, 7) is -0.0794. The summed E-state index contributed by atoms with van der Waals surface area (Å²) in [5, 5.41) is 29.3. The monoisotopic (exact) mass is 434 g/mol. The highest BCUT2D eigenvalue weighted by Crippen LogP contribution is 2.39. The van der Waals surface area contributed by atoms with Gasteiger partial charge in [0.25, 0.3) is 0 Å². The van der Waals surface area contributed by atoms with Crippen molar-refractivity contribution in [1.29, 1.82) is 0 Å². The molecule has 31 heavy (non-hydrogen) atoms. The fourth-order valence-corrected chi connectivity index (χ4v) is 3.18. The van der Waals surface area contributed by atoms with E-state index in [9.17, 15) is 20.1 Å². The van der Waals surface area contributed by atoms with Crippen molar-refractivity contribution in [3.05, 3.63) is 53.6 Å². The Balaban J connectivity index is 1.71. The molecule has 9 heteroatoms. The molecule has 4 atom stereocenters. The Kier molecular flexibility index (Phi) is 7.69. The van der Waals surface area contributed by atoms with Crippen molar-refractivity contribution >= 4 is 5.97 Å². The number of carbonyl (C=O) groups is 1. The molecular weight excluding hydrogens is 408 g/mol. The molecule has 0 aliphatic carbocycles. The zero-order chi connectivity index (χ0) is 22.4. The normalized spacial score (nSPS) is 23.1. The number of ether oxygens (including phenoxy) is 5. The maximum Gasteiger partial charge on any atom is 0.338 e. The van der Waals surface area contributed by atoms with Gasteiger partial charge in [-0.15, -0.1) is 0 Å². The number of methoxy groups -OCH3 is 2. The van der Waals surface area contributed by atoms with Crippen molar-refractivity contribution in [3.8, 4) is 17.2 Å². The van der Waals surface area contributed by atoms with Crippen LogP contribution >= 0.6 is 0 Å².